The van der Waals surface area contributed by atoms with Gasteiger partial charge in [0.1, 0.15) is 11.3 Å². The average Bonchev–Trinajstić information content (AvgIpc) is 3.29. The number of carbonyl (C=O) groups is 1. The number of hydrazone groups is 1. The van der Waals surface area contributed by atoms with E-state index >= 15 is 0 Å². The predicted molar refractivity (Wildman–Crippen MR) is 124 cm³/mol. The van der Waals surface area contributed by atoms with Gasteiger partial charge in [-0.3, -0.25) is 4.98 Å². The summed E-state index contributed by atoms with van der Waals surface area (Å²) in [5, 5.41) is 16.8. The summed E-state index contributed by atoms with van der Waals surface area (Å²) in [6.45, 7) is 0. The van der Waals surface area contributed by atoms with E-state index in [0.717, 1.165) is 21.3 Å². The Bertz CT molecular complexity index is 1260. The van der Waals surface area contributed by atoms with E-state index in [1.165, 1.54) is 14.2 Å². The van der Waals surface area contributed by atoms with E-state index in [4.69, 9.17) is 19.3 Å². The molecule has 2 aliphatic heterocycles. The lowest BCUT2D eigenvalue weighted by atomic mass is 9.95. The molecular weight excluding hydrogens is 490 g/mol. The number of aromatic carboxylic acids is 1. The summed E-state index contributed by atoms with van der Waals surface area (Å²) < 4.78 is 18.0. The summed E-state index contributed by atoms with van der Waals surface area (Å²) in [5.74, 6) is 0.00703. The van der Waals surface area contributed by atoms with Gasteiger partial charge in [-0.1, -0.05) is 22.0 Å². The van der Waals surface area contributed by atoms with Crippen molar-refractivity contribution in [1.29, 1.82) is 0 Å². The van der Waals surface area contributed by atoms with Crippen LogP contribution < -0.4 is 14.2 Å². The number of pyridine rings is 1. The molecule has 0 bridgehead atoms. The van der Waals surface area contributed by atoms with Gasteiger partial charge in [-0.05, 0) is 36.4 Å². The normalized spacial score (nSPS) is 18.6. The Labute approximate surface area is 198 Å². The third-order valence-corrected chi connectivity index (χ3v) is 6.30. The molecule has 0 radical (unpaired) electrons. The van der Waals surface area contributed by atoms with Crippen molar-refractivity contribution in [1.82, 2.24) is 9.99 Å². The van der Waals surface area contributed by atoms with Crippen LogP contribution in [0.5, 0.6) is 17.2 Å². The second-order valence-electron chi connectivity index (χ2n) is 7.61. The van der Waals surface area contributed by atoms with Crippen LogP contribution in [0.4, 0.5) is 0 Å². The molecule has 0 spiro atoms. The maximum atomic E-state index is 12.3. The Hall–Kier alpha value is -3.59. The zero-order chi connectivity index (χ0) is 23.1. The van der Waals surface area contributed by atoms with Crippen LogP contribution in [0, 0.1) is 0 Å². The van der Waals surface area contributed by atoms with Crippen molar-refractivity contribution >= 4 is 27.6 Å². The molecule has 9 heteroatoms. The number of rotatable bonds is 5. The minimum atomic E-state index is -1.14. The van der Waals surface area contributed by atoms with Gasteiger partial charge in [0, 0.05) is 40.0 Å². The first-order valence-corrected chi connectivity index (χ1v) is 11.0. The number of hydrogen-bond acceptors (Lipinski definition) is 7. The van der Waals surface area contributed by atoms with Crippen molar-refractivity contribution in [2.45, 2.75) is 18.7 Å². The molecule has 0 aliphatic carbocycles. The molecule has 168 valence electrons. The molecule has 3 heterocycles. The number of ether oxygens (including phenoxy) is 3. The molecule has 2 aromatic carbocycles. The minimum absolute atomic E-state index is 0.0220. The van der Waals surface area contributed by atoms with Crippen LogP contribution in [0.1, 0.15) is 45.7 Å². The second-order valence-corrected chi connectivity index (χ2v) is 8.53. The number of benzene rings is 2. The van der Waals surface area contributed by atoms with Crippen molar-refractivity contribution in [2.75, 3.05) is 14.2 Å². The summed E-state index contributed by atoms with van der Waals surface area (Å²) in [4.78, 5) is 16.5. The highest BCUT2D eigenvalue weighted by molar-refractivity contribution is 9.10. The van der Waals surface area contributed by atoms with Gasteiger partial charge in [0.25, 0.3) is 0 Å². The van der Waals surface area contributed by atoms with Gasteiger partial charge >= 0.3 is 5.97 Å². The van der Waals surface area contributed by atoms with E-state index in [1.54, 1.807) is 24.5 Å². The third-order valence-electron chi connectivity index (χ3n) is 5.80. The lowest BCUT2D eigenvalue weighted by molar-refractivity contribution is -0.0199. The molecule has 33 heavy (non-hydrogen) atoms. The van der Waals surface area contributed by atoms with Crippen molar-refractivity contribution in [3.8, 4) is 17.2 Å². The molecule has 2 atom stereocenters. The van der Waals surface area contributed by atoms with Crippen molar-refractivity contribution in [3.05, 3.63) is 81.6 Å². The Kier molecular flexibility index (Phi) is 5.41. The van der Waals surface area contributed by atoms with Crippen LogP contribution in [0.3, 0.4) is 0 Å². The minimum Gasteiger partial charge on any atom is -0.493 e. The number of fused-ring (bicyclic) bond motifs is 3. The largest absolute Gasteiger partial charge is 0.493 e. The number of halogens is 1. The Morgan fingerprint density at radius 3 is 2.73 bits per heavy atom. The van der Waals surface area contributed by atoms with Crippen LogP contribution in [0.2, 0.25) is 0 Å². The standard InChI is InChI=1S/C24H20BrN3O5/c1-31-20-8-6-15(21(24(29)30)22(20)32-2)23-28-18(16-10-14(25)5-7-19(16)33-23)11-17(27-28)13-4-3-9-26-12-13/h3-10,12,18,23H,11H2,1-2H3,(H,29,30). The van der Waals surface area contributed by atoms with Gasteiger partial charge in [-0.25, -0.2) is 9.80 Å². The fourth-order valence-electron chi connectivity index (χ4n) is 4.34. The number of methoxy groups -OCH3 is 2. The fourth-order valence-corrected chi connectivity index (χ4v) is 4.72. The summed E-state index contributed by atoms with van der Waals surface area (Å²) >= 11 is 3.54. The quantitative estimate of drug-likeness (QED) is 0.527. The monoisotopic (exact) mass is 509 g/mol. The first-order chi connectivity index (χ1) is 16.0. The highest BCUT2D eigenvalue weighted by Gasteiger charge is 2.43. The molecule has 8 nitrogen and oxygen atoms in total. The van der Waals surface area contributed by atoms with Crippen LogP contribution >= 0.6 is 15.9 Å². The molecule has 0 saturated carbocycles. The third kappa shape index (κ3) is 3.58. The number of carboxylic acid groups (broad SMARTS) is 1. The van der Waals surface area contributed by atoms with E-state index in [1.807, 2.05) is 35.3 Å². The smallest absolute Gasteiger partial charge is 0.340 e. The molecular formula is C24H20BrN3O5. The highest BCUT2D eigenvalue weighted by Crippen LogP contribution is 2.50. The first-order valence-electron chi connectivity index (χ1n) is 10.2. The average molecular weight is 510 g/mol. The van der Waals surface area contributed by atoms with E-state index < -0.39 is 12.2 Å². The summed E-state index contributed by atoms with van der Waals surface area (Å²) in [6.07, 6.45) is 3.34. The van der Waals surface area contributed by atoms with Gasteiger partial charge in [0.05, 0.1) is 26.0 Å². The Morgan fingerprint density at radius 1 is 1.18 bits per heavy atom. The number of aromatic nitrogens is 1. The molecule has 0 amide bonds. The molecule has 0 saturated heterocycles. The molecule has 3 aromatic rings. The molecule has 0 fully saturated rings. The van der Waals surface area contributed by atoms with Gasteiger partial charge in [0.15, 0.2) is 11.5 Å². The van der Waals surface area contributed by atoms with E-state index in [-0.39, 0.29) is 17.4 Å². The summed E-state index contributed by atoms with van der Waals surface area (Å²) in [7, 11) is 2.88. The van der Waals surface area contributed by atoms with Crippen LogP contribution in [0.25, 0.3) is 0 Å². The lowest BCUT2D eigenvalue weighted by Crippen LogP contribution is -2.34. The summed E-state index contributed by atoms with van der Waals surface area (Å²) in [6, 6.07) is 12.8. The van der Waals surface area contributed by atoms with Crippen LogP contribution in [-0.2, 0) is 0 Å². The molecule has 2 aliphatic rings. The maximum absolute atomic E-state index is 12.3. The summed E-state index contributed by atoms with van der Waals surface area (Å²) in [5.41, 5.74) is 3.14. The van der Waals surface area contributed by atoms with Gasteiger partial charge in [-0.15, -0.1) is 0 Å². The molecule has 1 aromatic heterocycles. The maximum Gasteiger partial charge on any atom is 0.340 e. The number of nitrogens with zero attached hydrogens (tertiary/aromatic N) is 3. The zero-order valence-corrected chi connectivity index (χ0v) is 19.4. The van der Waals surface area contributed by atoms with Crippen LogP contribution in [0.15, 0.2) is 64.4 Å². The lowest BCUT2D eigenvalue weighted by Gasteiger charge is -2.38. The van der Waals surface area contributed by atoms with E-state index in [9.17, 15) is 9.90 Å². The Morgan fingerprint density at radius 2 is 2.03 bits per heavy atom. The second kappa shape index (κ2) is 8.40. The Balaban J connectivity index is 1.68. The van der Waals surface area contributed by atoms with Crippen molar-refractivity contribution in [2.24, 2.45) is 5.10 Å². The molecule has 5 rings (SSSR count). The number of hydrogen-bond donors (Lipinski definition) is 1. The van der Waals surface area contributed by atoms with Gasteiger partial charge in [0.2, 0.25) is 6.23 Å². The SMILES string of the molecule is COc1ccc(C2Oc3ccc(Br)cc3C3CC(c4cccnc4)=NN32)c(C(=O)O)c1OC. The van der Waals surface area contributed by atoms with Gasteiger partial charge in [-0.2, -0.15) is 5.10 Å². The van der Waals surface area contributed by atoms with Crippen LogP contribution in [-0.4, -0.2) is 41.0 Å². The zero-order valence-electron chi connectivity index (χ0n) is 17.9. The number of carboxylic acids is 1. The van der Waals surface area contributed by atoms with Crippen molar-refractivity contribution in [3.63, 3.8) is 0 Å². The highest BCUT2D eigenvalue weighted by atomic mass is 79.9. The molecule has 2 unspecified atom stereocenters. The fraction of sp³-hybridized carbons (Fsp3) is 0.208. The predicted octanol–water partition coefficient (Wildman–Crippen LogP) is 4.80. The van der Waals surface area contributed by atoms with E-state index in [0.29, 0.717) is 23.5 Å². The van der Waals surface area contributed by atoms with Gasteiger partial charge < -0.3 is 19.3 Å². The molecule has 1 N–H and O–H groups in total. The van der Waals surface area contributed by atoms with E-state index in [2.05, 4.69) is 20.9 Å². The van der Waals surface area contributed by atoms with Crippen molar-refractivity contribution < 1.29 is 24.1 Å². The topological polar surface area (TPSA) is 93.5 Å². The first kappa shape index (κ1) is 21.3.